The molecule has 23 heavy (non-hydrogen) atoms. The van der Waals surface area contributed by atoms with E-state index in [4.69, 9.17) is 23.2 Å². The van der Waals surface area contributed by atoms with E-state index in [1.807, 2.05) is 27.7 Å². The van der Waals surface area contributed by atoms with Gasteiger partial charge in [-0.15, -0.1) is 23.2 Å². The minimum atomic E-state index is -0.815. The number of urea groups is 1. The molecular weight excluding hydrogens is 341 g/mol. The van der Waals surface area contributed by atoms with Crippen LogP contribution in [0.4, 0.5) is 10.5 Å². The number of imide groups is 2. The molecule has 0 aromatic heterocycles. The van der Waals surface area contributed by atoms with Crippen LogP contribution >= 0.6 is 23.2 Å². The first-order chi connectivity index (χ1) is 11.0. The molecule has 1 aromatic rings. The van der Waals surface area contributed by atoms with E-state index >= 15 is 0 Å². The van der Waals surface area contributed by atoms with Gasteiger partial charge in [-0.25, -0.2) is 4.79 Å². The van der Waals surface area contributed by atoms with Crippen molar-refractivity contribution in [2.45, 2.75) is 0 Å². The zero-order chi connectivity index (χ0) is 16.8. The summed E-state index contributed by atoms with van der Waals surface area (Å²) in [6.07, 6.45) is 1.42. The third kappa shape index (κ3) is 4.46. The molecule has 2 rings (SSSR count). The quantitative estimate of drug-likeness (QED) is 0.462. The standard InChI is InChI=1S/C15H15Cl2N3O3/c16-5-7-20(8-6-17)11-3-1-10(2-4-11)9-12-13(21)18-15(23)19-14(12)22/h1-4,9H,5-8H2,(H2,18,19,21,22,23). The number of nitrogens with zero attached hydrogens (tertiary/aromatic N) is 1. The fourth-order valence-electron chi connectivity index (χ4n) is 2.13. The zero-order valence-electron chi connectivity index (χ0n) is 12.1. The molecule has 8 heteroatoms. The number of nitrogens with one attached hydrogen (secondary N) is 2. The number of amides is 4. The van der Waals surface area contributed by atoms with Crippen molar-refractivity contribution >= 4 is 52.8 Å². The summed E-state index contributed by atoms with van der Waals surface area (Å²) in [5, 5.41) is 4.05. The summed E-state index contributed by atoms with van der Waals surface area (Å²) in [6.45, 7) is 1.34. The lowest BCUT2D eigenvalue weighted by atomic mass is 10.1. The number of barbiturate groups is 1. The number of hydrogen-bond acceptors (Lipinski definition) is 4. The number of alkyl halides is 2. The van der Waals surface area contributed by atoms with E-state index in [2.05, 4.69) is 0 Å². The van der Waals surface area contributed by atoms with Crippen LogP contribution in [0.3, 0.4) is 0 Å². The summed E-state index contributed by atoms with van der Waals surface area (Å²) in [6, 6.07) is 6.44. The maximum absolute atomic E-state index is 11.7. The van der Waals surface area contributed by atoms with Crippen molar-refractivity contribution < 1.29 is 14.4 Å². The molecule has 0 radical (unpaired) electrons. The zero-order valence-corrected chi connectivity index (χ0v) is 13.7. The van der Waals surface area contributed by atoms with Crippen molar-refractivity contribution in [1.82, 2.24) is 10.6 Å². The van der Waals surface area contributed by atoms with Crippen molar-refractivity contribution in [3.8, 4) is 0 Å². The maximum Gasteiger partial charge on any atom is 0.328 e. The molecule has 0 spiro atoms. The normalized spacial score (nSPS) is 14.3. The summed E-state index contributed by atoms with van der Waals surface area (Å²) >= 11 is 11.6. The van der Waals surface area contributed by atoms with E-state index in [1.165, 1.54) is 6.08 Å². The van der Waals surface area contributed by atoms with Crippen molar-refractivity contribution in [1.29, 1.82) is 0 Å². The Bertz CT molecular complexity index is 616. The number of carbonyl (C=O) groups is 3. The predicted molar refractivity (Wildman–Crippen MR) is 89.8 cm³/mol. The van der Waals surface area contributed by atoms with E-state index in [9.17, 15) is 14.4 Å². The number of halogens is 2. The summed E-state index contributed by atoms with van der Waals surface area (Å²) in [7, 11) is 0. The molecule has 1 aliphatic rings. The Morgan fingerprint density at radius 3 is 1.91 bits per heavy atom. The molecule has 0 aliphatic carbocycles. The van der Waals surface area contributed by atoms with Crippen LogP contribution in [0, 0.1) is 0 Å². The van der Waals surface area contributed by atoms with Crippen LogP contribution in [0.5, 0.6) is 0 Å². The molecule has 4 amide bonds. The van der Waals surface area contributed by atoms with Gasteiger partial charge in [0.05, 0.1) is 0 Å². The van der Waals surface area contributed by atoms with Crippen LogP contribution in [0.1, 0.15) is 5.56 Å². The highest BCUT2D eigenvalue weighted by Gasteiger charge is 2.27. The number of hydrogen-bond donors (Lipinski definition) is 2. The van der Waals surface area contributed by atoms with Gasteiger partial charge < -0.3 is 4.90 Å². The highest BCUT2D eigenvalue weighted by atomic mass is 35.5. The smallest absolute Gasteiger partial charge is 0.328 e. The second kappa shape index (κ2) is 7.99. The number of anilines is 1. The van der Waals surface area contributed by atoms with Crippen molar-refractivity contribution in [2.24, 2.45) is 0 Å². The van der Waals surface area contributed by atoms with E-state index < -0.39 is 17.8 Å². The van der Waals surface area contributed by atoms with Crippen molar-refractivity contribution in [3.63, 3.8) is 0 Å². The van der Waals surface area contributed by atoms with Crippen LogP contribution < -0.4 is 15.5 Å². The summed E-state index contributed by atoms with van der Waals surface area (Å²) < 4.78 is 0. The molecule has 0 saturated carbocycles. The van der Waals surface area contributed by atoms with Crippen molar-refractivity contribution in [3.05, 3.63) is 35.4 Å². The van der Waals surface area contributed by atoms with Gasteiger partial charge >= 0.3 is 6.03 Å². The highest BCUT2D eigenvalue weighted by Crippen LogP contribution is 2.18. The Balaban J connectivity index is 2.19. The molecule has 0 atom stereocenters. The van der Waals surface area contributed by atoms with Gasteiger partial charge in [0, 0.05) is 30.5 Å². The van der Waals surface area contributed by atoms with Gasteiger partial charge in [-0.05, 0) is 23.8 Å². The molecule has 1 saturated heterocycles. The van der Waals surface area contributed by atoms with E-state index in [0.717, 1.165) is 5.69 Å². The van der Waals surface area contributed by atoms with Crippen LogP contribution in [0.15, 0.2) is 29.8 Å². The lowest BCUT2D eigenvalue weighted by Crippen LogP contribution is -2.51. The molecule has 1 aliphatic heterocycles. The van der Waals surface area contributed by atoms with Gasteiger partial charge in [0.15, 0.2) is 0 Å². The number of rotatable bonds is 6. The van der Waals surface area contributed by atoms with Crippen molar-refractivity contribution in [2.75, 3.05) is 29.7 Å². The van der Waals surface area contributed by atoms with Gasteiger partial charge in [0.1, 0.15) is 5.57 Å². The lowest BCUT2D eigenvalue weighted by molar-refractivity contribution is -0.123. The Kier molecular flexibility index (Phi) is 6.01. The summed E-state index contributed by atoms with van der Waals surface area (Å²) in [5.41, 5.74) is 1.50. The van der Waals surface area contributed by atoms with Crippen LogP contribution in [0.25, 0.3) is 6.08 Å². The average Bonchev–Trinajstić information content (AvgIpc) is 2.51. The second-order valence-corrected chi connectivity index (χ2v) is 5.51. The Hall–Kier alpha value is -2.05. The van der Waals surface area contributed by atoms with Crippen LogP contribution in [-0.2, 0) is 9.59 Å². The van der Waals surface area contributed by atoms with Crippen LogP contribution in [0.2, 0.25) is 0 Å². The first kappa shape index (κ1) is 17.3. The number of carbonyl (C=O) groups excluding carboxylic acids is 3. The minimum absolute atomic E-state index is 0.115. The topological polar surface area (TPSA) is 78.5 Å². The molecule has 6 nitrogen and oxygen atoms in total. The Labute approximate surface area is 143 Å². The molecule has 122 valence electrons. The largest absolute Gasteiger partial charge is 0.369 e. The average molecular weight is 356 g/mol. The predicted octanol–water partition coefficient (Wildman–Crippen LogP) is 1.72. The van der Waals surface area contributed by atoms with E-state index in [0.29, 0.717) is 30.4 Å². The molecular formula is C15H15Cl2N3O3. The van der Waals surface area contributed by atoms with Gasteiger partial charge in [-0.3, -0.25) is 20.2 Å². The first-order valence-electron chi connectivity index (χ1n) is 6.90. The molecule has 2 N–H and O–H groups in total. The van der Waals surface area contributed by atoms with Gasteiger partial charge in [0.2, 0.25) is 0 Å². The molecule has 0 bridgehead atoms. The minimum Gasteiger partial charge on any atom is -0.369 e. The Morgan fingerprint density at radius 2 is 1.43 bits per heavy atom. The van der Waals surface area contributed by atoms with Gasteiger partial charge in [0.25, 0.3) is 11.8 Å². The summed E-state index contributed by atoms with van der Waals surface area (Å²) in [5.74, 6) is -0.462. The Morgan fingerprint density at radius 1 is 0.913 bits per heavy atom. The fourth-order valence-corrected chi connectivity index (χ4v) is 2.54. The molecule has 1 aromatic carbocycles. The monoisotopic (exact) mass is 355 g/mol. The van der Waals surface area contributed by atoms with E-state index in [-0.39, 0.29) is 5.57 Å². The van der Waals surface area contributed by atoms with E-state index in [1.54, 1.807) is 12.1 Å². The molecule has 1 fully saturated rings. The van der Waals surface area contributed by atoms with Crippen LogP contribution in [-0.4, -0.2) is 42.7 Å². The highest BCUT2D eigenvalue weighted by molar-refractivity contribution is 6.31. The fraction of sp³-hybridized carbons (Fsp3) is 0.267. The molecule has 0 unspecified atom stereocenters. The number of benzene rings is 1. The maximum atomic E-state index is 11.7. The van der Waals surface area contributed by atoms with Gasteiger partial charge in [-0.2, -0.15) is 0 Å². The lowest BCUT2D eigenvalue weighted by Gasteiger charge is -2.22. The summed E-state index contributed by atoms with van der Waals surface area (Å²) in [4.78, 5) is 36.4. The molecule has 1 heterocycles. The third-order valence-corrected chi connectivity index (χ3v) is 3.56. The third-order valence-electron chi connectivity index (χ3n) is 3.22. The second-order valence-electron chi connectivity index (χ2n) is 4.75. The van der Waals surface area contributed by atoms with Gasteiger partial charge in [-0.1, -0.05) is 12.1 Å². The SMILES string of the molecule is O=C1NC(=O)C(=Cc2ccc(N(CCCl)CCCl)cc2)C(=O)N1. The first-order valence-corrected chi connectivity index (χ1v) is 7.97.